The number of amides is 1. The lowest BCUT2D eigenvalue weighted by molar-refractivity contribution is -0.123. The third-order valence-electron chi connectivity index (χ3n) is 2.64. The predicted molar refractivity (Wildman–Crippen MR) is 59.5 cm³/mol. The number of carbonyl (C=O) groups is 1. The van der Waals surface area contributed by atoms with Gasteiger partial charge in [-0.2, -0.15) is 0 Å². The van der Waals surface area contributed by atoms with Gasteiger partial charge in [0.1, 0.15) is 0 Å². The van der Waals surface area contributed by atoms with Gasteiger partial charge >= 0.3 is 0 Å². The smallest absolute Gasteiger partial charge is 0.240 e. The van der Waals surface area contributed by atoms with Crippen molar-refractivity contribution in [3.8, 4) is 0 Å². The van der Waals surface area contributed by atoms with Crippen LogP contribution in [-0.2, 0) is 11.3 Å². The molecule has 1 amide bonds. The standard InChI is InChI=1S/C11H13ClN2O/c12-9-4-2-1-3-8(9)7-14-10(15)11(13)5-6-11/h1-4H,5-7,13H2,(H,14,15). The second-order valence-electron chi connectivity index (χ2n) is 3.93. The number of nitrogens with two attached hydrogens (primary N) is 1. The summed E-state index contributed by atoms with van der Waals surface area (Å²) in [7, 11) is 0. The van der Waals surface area contributed by atoms with Gasteiger partial charge in [0, 0.05) is 11.6 Å². The van der Waals surface area contributed by atoms with Crippen LogP contribution in [0.1, 0.15) is 18.4 Å². The molecule has 1 aromatic rings. The van der Waals surface area contributed by atoms with Crippen molar-refractivity contribution in [2.24, 2.45) is 5.73 Å². The Hall–Kier alpha value is -1.06. The molecular formula is C11H13ClN2O. The van der Waals surface area contributed by atoms with Crippen molar-refractivity contribution < 1.29 is 4.79 Å². The van der Waals surface area contributed by atoms with Crippen LogP contribution in [0, 0.1) is 0 Å². The summed E-state index contributed by atoms with van der Waals surface area (Å²) in [6, 6.07) is 7.44. The van der Waals surface area contributed by atoms with Gasteiger partial charge in [-0.05, 0) is 24.5 Å². The number of carbonyl (C=O) groups excluding carboxylic acids is 1. The summed E-state index contributed by atoms with van der Waals surface area (Å²) in [5, 5.41) is 3.46. The van der Waals surface area contributed by atoms with Gasteiger partial charge in [-0.15, -0.1) is 0 Å². The maximum Gasteiger partial charge on any atom is 0.240 e. The van der Waals surface area contributed by atoms with Crippen LogP contribution in [0.2, 0.25) is 5.02 Å². The summed E-state index contributed by atoms with van der Waals surface area (Å²) in [5.41, 5.74) is 6.05. The van der Waals surface area contributed by atoms with Crippen LogP contribution in [0.15, 0.2) is 24.3 Å². The van der Waals surface area contributed by atoms with Gasteiger partial charge in [-0.1, -0.05) is 29.8 Å². The minimum Gasteiger partial charge on any atom is -0.350 e. The number of benzene rings is 1. The van der Waals surface area contributed by atoms with Gasteiger partial charge in [-0.25, -0.2) is 0 Å². The Balaban J connectivity index is 1.93. The van der Waals surface area contributed by atoms with E-state index in [9.17, 15) is 4.79 Å². The fourth-order valence-electron chi connectivity index (χ4n) is 1.36. The van der Waals surface area contributed by atoms with Crippen molar-refractivity contribution in [2.45, 2.75) is 24.9 Å². The molecule has 1 fully saturated rings. The van der Waals surface area contributed by atoms with E-state index < -0.39 is 5.54 Å². The van der Waals surface area contributed by atoms with Crippen molar-refractivity contribution in [1.29, 1.82) is 0 Å². The first kappa shape index (κ1) is 10.5. The molecule has 15 heavy (non-hydrogen) atoms. The molecule has 3 nitrogen and oxygen atoms in total. The molecule has 0 spiro atoms. The molecule has 0 atom stereocenters. The highest BCUT2D eigenvalue weighted by molar-refractivity contribution is 6.31. The zero-order chi connectivity index (χ0) is 10.9. The van der Waals surface area contributed by atoms with Crippen LogP contribution in [0.3, 0.4) is 0 Å². The van der Waals surface area contributed by atoms with E-state index in [1.54, 1.807) is 6.07 Å². The second kappa shape index (κ2) is 3.83. The Kier molecular flexibility index (Phi) is 2.67. The molecule has 1 aromatic carbocycles. The fraction of sp³-hybridized carbons (Fsp3) is 0.364. The number of halogens is 1. The Morgan fingerprint density at radius 1 is 1.47 bits per heavy atom. The highest BCUT2D eigenvalue weighted by atomic mass is 35.5. The summed E-state index contributed by atoms with van der Waals surface area (Å²) in [6.45, 7) is 0.442. The van der Waals surface area contributed by atoms with Crippen molar-refractivity contribution in [2.75, 3.05) is 0 Å². The van der Waals surface area contributed by atoms with Crippen molar-refractivity contribution in [3.05, 3.63) is 34.9 Å². The van der Waals surface area contributed by atoms with Gasteiger partial charge in [0.25, 0.3) is 0 Å². The Morgan fingerprint density at radius 3 is 2.73 bits per heavy atom. The van der Waals surface area contributed by atoms with Crippen molar-refractivity contribution >= 4 is 17.5 Å². The molecule has 0 saturated heterocycles. The molecule has 4 heteroatoms. The van der Waals surface area contributed by atoms with Crippen molar-refractivity contribution in [3.63, 3.8) is 0 Å². The van der Waals surface area contributed by atoms with Crippen LogP contribution in [0.25, 0.3) is 0 Å². The number of nitrogens with one attached hydrogen (secondary N) is 1. The van der Waals surface area contributed by atoms with Gasteiger partial charge in [0.05, 0.1) is 5.54 Å². The van der Waals surface area contributed by atoms with Gasteiger partial charge in [0.2, 0.25) is 5.91 Å². The zero-order valence-electron chi connectivity index (χ0n) is 8.29. The molecule has 1 aliphatic rings. The SMILES string of the molecule is NC1(C(=O)NCc2ccccc2Cl)CC1. The van der Waals surface area contributed by atoms with E-state index in [-0.39, 0.29) is 5.91 Å². The molecule has 2 rings (SSSR count). The van der Waals surface area contributed by atoms with E-state index in [1.165, 1.54) is 0 Å². The number of hydrogen-bond donors (Lipinski definition) is 2. The Bertz CT molecular complexity index is 388. The topological polar surface area (TPSA) is 55.1 Å². The normalized spacial score (nSPS) is 17.2. The lowest BCUT2D eigenvalue weighted by Crippen LogP contribution is -2.42. The van der Waals surface area contributed by atoms with Crippen LogP contribution >= 0.6 is 11.6 Å². The molecule has 80 valence electrons. The van der Waals surface area contributed by atoms with Crippen LogP contribution in [-0.4, -0.2) is 11.4 Å². The summed E-state index contributed by atoms with van der Waals surface area (Å²) in [4.78, 5) is 11.5. The summed E-state index contributed by atoms with van der Waals surface area (Å²) in [5.74, 6) is -0.0811. The van der Waals surface area contributed by atoms with E-state index in [0.717, 1.165) is 18.4 Å². The number of rotatable bonds is 3. The maximum atomic E-state index is 11.5. The summed E-state index contributed by atoms with van der Waals surface area (Å²) >= 11 is 5.96. The first-order valence-electron chi connectivity index (χ1n) is 4.92. The zero-order valence-corrected chi connectivity index (χ0v) is 9.05. The monoisotopic (exact) mass is 224 g/mol. The molecule has 0 unspecified atom stereocenters. The lowest BCUT2D eigenvalue weighted by Gasteiger charge is -2.10. The van der Waals surface area contributed by atoms with E-state index in [2.05, 4.69) is 5.32 Å². The molecule has 0 radical (unpaired) electrons. The molecule has 0 aromatic heterocycles. The van der Waals surface area contributed by atoms with Gasteiger partial charge < -0.3 is 11.1 Å². The highest BCUT2D eigenvalue weighted by Crippen LogP contribution is 2.32. The second-order valence-corrected chi connectivity index (χ2v) is 4.34. The van der Waals surface area contributed by atoms with E-state index in [1.807, 2.05) is 18.2 Å². The van der Waals surface area contributed by atoms with E-state index in [4.69, 9.17) is 17.3 Å². The molecule has 0 aliphatic heterocycles. The third kappa shape index (κ3) is 2.30. The van der Waals surface area contributed by atoms with E-state index >= 15 is 0 Å². The average Bonchev–Trinajstić information content (AvgIpc) is 2.96. The molecule has 3 N–H and O–H groups in total. The highest BCUT2D eigenvalue weighted by Gasteiger charge is 2.45. The molecular weight excluding hydrogens is 212 g/mol. The molecule has 0 bridgehead atoms. The maximum absolute atomic E-state index is 11.5. The minimum atomic E-state index is -0.610. The first-order chi connectivity index (χ1) is 7.12. The minimum absolute atomic E-state index is 0.0811. The van der Waals surface area contributed by atoms with Gasteiger partial charge in [0.15, 0.2) is 0 Å². The quantitative estimate of drug-likeness (QED) is 0.817. The molecule has 1 aliphatic carbocycles. The van der Waals surface area contributed by atoms with Crippen LogP contribution in [0.4, 0.5) is 0 Å². The Morgan fingerprint density at radius 2 is 2.13 bits per heavy atom. The fourth-order valence-corrected chi connectivity index (χ4v) is 1.56. The van der Waals surface area contributed by atoms with Crippen LogP contribution in [0.5, 0.6) is 0 Å². The predicted octanol–water partition coefficient (Wildman–Crippen LogP) is 1.45. The Labute approximate surface area is 93.6 Å². The molecule has 0 heterocycles. The van der Waals surface area contributed by atoms with Crippen molar-refractivity contribution in [1.82, 2.24) is 5.32 Å². The van der Waals surface area contributed by atoms with Gasteiger partial charge in [-0.3, -0.25) is 4.79 Å². The average molecular weight is 225 g/mol. The summed E-state index contributed by atoms with van der Waals surface area (Å²) < 4.78 is 0. The lowest BCUT2D eigenvalue weighted by atomic mass is 10.2. The molecule has 1 saturated carbocycles. The van der Waals surface area contributed by atoms with Crippen LogP contribution < -0.4 is 11.1 Å². The summed E-state index contributed by atoms with van der Waals surface area (Å²) in [6.07, 6.45) is 1.56. The number of hydrogen-bond acceptors (Lipinski definition) is 2. The largest absolute Gasteiger partial charge is 0.350 e. The first-order valence-corrected chi connectivity index (χ1v) is 5.30. The van der Waals surface area contributed by atoms with E-state index in [0.29, 0.717) is 11.6 Å². The third-order valence-corrected chi connectivity index (χ3v) is 3.01.